The molecule has 1 atom stereocenters. The van der Waals surface area contributed by atoms with Crippen LogP contribution < -0.4 is 4.90 Å². The molecule has 92 valence electrons. The van der Waals surface area contributed by atoms with Gasteiger partial charge in [-0.2, -0.15) is 5.10 Å². The zero-order valence-electron chi connectivity index (χ0n) is 9.27. The van der Waals surface area contributed by atoms with E-state index in [0.717, 1.165) is 0 Å². The highest BCUT2D eigenvalue weighted by molar-refractivity contribution is 8.13. The predicted octanol–water partition coefficient (Wildman–Crippen LogP) is 1.70. The number of hydrogen-bond donors (Lipinski definition) is 1. The largest absolute Gasteiger partial charge is 0.308 e. The second-order valence-electron chi connectivity index (χ2n) is 3.95. The number of hydrogen-bond acceptors (Lipinski definition) is 4. The van der Waals surface area contributed by atoms with E-state index in [2.05, 4.69) is 10.2 Å². The summed E-state index contributed by atoms with van der Waals surface area (Å²) < 4.78 is 0. The van der Waals surface area contributed by atoms with E-state index in [4.69, 9.17) is 11.6 Å². The van der Waals surface area contributed by atoms with Crippen LogP contribution in [0.5, 0.6) is 0 Å². The number of halogens is 1. The maximum absolute atomic E-state index is 11.8. The summed E-state index contributed by atoms with van der Waals surface area (Å²) >= 11 is 7.15. The molecule has 0 aliphatic carbocycles. The van der Waals surface area contributed by atoms with E-state index in [9.17, 15) is 9.59 Å². The summed E-state index contributed by atoms with van der Waals surface area (Å²) in [5.41, 5.74) is 0.618. The molecule has 0 saturated carbocycles. The number of nitrogens with one attached hydrogen (secondary N) is 1. The van der Waals surface area contributed by atoms with Crippen LogP contribution in [-0.2, 0) is 9.59 Å². The molecule has 1 aliphatic heterocycles. The number of aromatic amines is 1. The Balaban J connectivity index is 2.01. The minimum atomic E-state index is 0.0300. The second kappa shape index (κ2) is 5.10. The molecule has 0 aromatic carbocycles. The Bertz CT molecular complexity index is 449. The number of carbonyl (C=O) groups is 2. The molecule has 2 rings (SSSR count). The Hall–Kier alpha value is -1.01. The molecule has 1 aliphatic rings. The van der Waals surface area contributed by atoms with E-state index >= 15 is 0 Å². The maximum atomic E-state index is 11.8. The van der Waals surface area contributed by atoms with Gasteiger partial charge in [0.2, 0.25) is 5.91 Å². The first kappa shape index (κ1) is 12.4. The normalized spacial score (nSPS) is 20.0. The van der Waals surface area contributed by atoms with Crippen LogP contribution in [0.1, 0.15) is 13.3 Å². The lowest BCUT2D eigenvalue weighted by Crippen LogP contribution is -2.24. The first-order valence-electron chi connectivity index (χ1n) is 5.20. The van der Waals surface area contributed by atoms with Gasteiger partial charge >= 0.3 is 0 Å². The van der Waals surface area contributed by atoms with Gasteiger partial charge in [0.25, 0.3) is 0 Å². The third-order valence-electron chi connectivity index (χ3n) is 2.59. The van der Waals surface area contributed by atoms with Gasteiger partial charge in [-0.05, 0) is 5.92 Å². The Kier molecular flexibility index (Phi) is 3.73. The summed E-state index contributed by atoms with van der Waals surface area (Å²) in [4.78, 5) is 24.3. The Morgan fingerprint density at radius 3 is 3.12 bits per heavy atom. The first-order valence-corrected chi connectivity index (χ1v) is 6.57. The second-order valence-corrected chi connectivity index (χ2v) is 5.52. The third kappa shape index (κ3) is 2.81. The van der Waals surface area contributed by atoms with Crippen LogP contribution in [0.2, 0.25) is 5.15 Å². The predicted molar refractivity (Wildman–Crippen MR) is 67.2 cm³/mol. The van der Waals surface area contributed by atoms with Crippen molar-refractivity contribution in [2.45, 2.75) is 13.3 Å². The highest BCUT2D eigenvalue weighted by atomic mass is 35.5. The molecule has 1 unspecified atom stereocenters. The summed E-state index contributed by atoms with van der Waals surface area (Å²) in [6, 6.07) is 0. The van der Waals surface area contributed by atoms with Crippen LogP contribution >= 0.6 is 23.4 Å². The Morgan fingerprint density at radius 1 is 1.76 bits per heavy atom. The molecule has 1 saturated heterocycles. The molecule has 0 spiro atoms. The lowest BCUT2D eigenvalue weighted by atomic mass is 10.1. The average Bonchev–Trinajstić information content (AvgIpc) is 2.81. The van der Waals surface area contributed by atoms with Crippen LogP contribution in [0.3, 0.4) is 0 Å². The van der Waals surface area contributed by atoms with E-state index in [-0.39, 0.29) is 16.9 Å². The third-order valence-corrected chi connectivity index (χ3v) is 3.92. The van der Waals surface area contributed by atoms with Crippen molar-refractivity contribution in [3.8, 4) is 0 Å². The number of H-pyrrole nitrogens is 1. The number of amides is 1. The highest BCUT2D eigenvalue weighted by Crippen LogP contribution is 2.30. The monoisotopic (exact) mass is 273 g/mol. The first-order chi connectivity index (χ1) is 8.08. The maximum Gasteiger partial charge on any atom is 0.227 e. The van der Waals surface area contributed by atoms with Crippen molar-refractivity contribution in [2.75, 3.05) is 17.2 Å². The van der Waals surface area contributed by atoms with Gasteiger partial charge in [0.15, 0.2) is 5.12 Å². The number of anilines is 1. The smallest absolute Gasteiger partial charge is 0.227 e. The van der Waals surface area contributed by atoms with Gasteiger partial charge in [0.1, 0.15) is 10.8 Å². The van der Waals surface area contributed by atoms with Crippen LogP contribution in [-0.4, -0.2) is 33.5 Å². The molecule has 2 heterocycles. The van der Waals surface area contributed by atoms with E-state index in [1.165, 1.54) is 18.7 Å². The van der Waals surface area contributed by atoms with Crippen molar-refractivity contribution in [1.29, 1.82) is 0 Å². The quantitative estimate of drug-likeness (QED) is 0.910. The molecule has 1 amide bonds. The van der Waals surface area contributed by atoms with E-state index in [0.29, 0.717) is 29.6 Å². The Labute approximate surface area is 108 Å². The molecular weight excluding hydrogens is 262 g/mol. The zero-order valence-corrected chi connectivity index (χ0v) is 10.8. The topological polar surface area (TPSA) is 66.1 Å². The number of nitrogens with zero attached hydrogens (tertiary/aromatic N) is 2. The van der Waals surface area contributed by atoms with Gasteiger partial charge in [-0.3, -0.25) is 14.7 Å². The summed E-state index contributed by atoms with van der Waals surface area (Å²) in [5.74, 6) is 0.900. The highest BCUT2D eigenvalue weighted by Gasteiger charge is 2.32. The number of aromatic nitrogens is 2. The molecule has 1 fully saturated rings. The lowest BCUT2D eigenvalue weighted by Gasteiger charge is -2.14. The summed E-state index contributed by atoms with van der Waals surface area (Å²) in [6.07, 6.45) is 2.00. The number of carbonyl (C=O) groups excluding carboxylic acids is 2. The van der Waals surface area contributed by atoms with Crippen molar-refractivity contribution in [3.63, 3.8) is 0 Å². The molecule has 0 radical (unpaired) electrons. The SMILES string of the molecule is CC(=O)SCC1CC(=O)N(c2cn[nH]c2Cl)C1. The molecule has 17 heavy (non-hydrogen) atoms. The summed E-state index contributed by atoms with van der Waals surface area (Å²) in [6.45, 7) is 2.13. The number of thioether (sulfide) groups is 1. The van der Waals surface area contributed by atoms with Gasteiger partial charge in [-0.15, -0.1) is 0 Å². The Morgan fingerprint density at radius 2 is 2.53 bits per heavy atom. The zero-order chi connectivity index (χ0) is 12.4. The number of rotatable bonds is 3. The molecule has 1 aromatic rings. The van der Waals surface area contributed by atoms with E-state index < -0.39 is 0 Å². The fourth-order valence-electron chi connectivity index (χ4n) is 1.81. The van der Waals surface area contributed by atoms with Crippen LogP contribution in [0, 0.1) is 5.92 Å². The summed E-state index contributed by atoms with van der Waals surface area (Å²) in [7, 11) is 0. The summed E-state index contributed by atoms with van der Waals surface area (Å²) in [5, 5.41) is 6.84. The van der Waals surface area contributed by atoms with Gasteiger partial charge < -0.3 is 4.90 Å². The fraction of sp³-hybridized carbons (Fsp3) is 0.500. The average molecular weight is 274 g/mol. The molecule has 0 bridgehead atoms. The molecule has 7 heteroatoms. The van der Waals surface area contributed by atoms with Gasteiger partial charge in [-0.1, -0.05) is 23.4 Å². The van der Waals surface area contributed by atoms with Crippen LogP contribution in [0.25, 0.3) is 0 Å². The lowest BCUT2D eigenvalue weighted by molar-refractivity contribution is -0.117. The van der Waals surface area contributed by atoms with E-state index in [1.807, 2.05) is 0 Å². The van der Waals surface area contributed by atoms with Crippen LogP contribution in [0.15, 0.2) is 6.20 Å². The van der Waals surface area contributed by atoms with Crippen LogP contribution in [0.4, 0.5) is 5.69 Å². The standard InChI is InChI=1S/C10H12ClN3O2S/c1-6(15)17-5-7-2-9(16)14(4-7)8-3-12-13-10(8)11/h3,7H,2,4-5H2,1H3,(H,12,13). The fourth-order valence-corrected chi connectivity index (χ4v) is 2.71. The van der Waals surface area contributed by atoms with Gasteiger partial charge in [-0.25, -0.2) is 0 Å². The minimum absolute atomic E-state index is 0.0300. The minimum Gasteiger partial charge on any atom is -0.308 e. The molecule has 5 nitrogen and oxygen atoms in total. The van der Waals surface area contributed by atoms with Gasteiger partial charge in [0.05, 0.1) is 6.20 Å². The van der Waals surface area contributed by atoms with Gasteiger partial charge in [0, 0.05) is 25.6 Å². The molecular formula is C10H12ClN3O2S. The van der Waals surface area contributed by atoms with Crippen molar-refractivity contribution in [3.05, 3.63) is 11.3 Å². The van der Waals surface area contributed by atoms with Crippen molar-refractivity contribution in [2.24, 2.45) is 5.92 Å². The van der Waals surface area contributed by atoms with E-state index in [1.54, 1.807) is 11.1 Å². The molecule has 1 aromatic heterocycles. The van der Waals surface area contributed by atoms with Crippen molar-refractivity contribution >= 4 is 40.1 Å². The molecule has 1 N–H and O–H groups in total. The van der Waals surface area contributed by atoms with Crippen molar-refractivity contribution < 1.29 is 9.59 Å². The van der Waals surface area contributed by atoms with Crippen molar-refractivity contribution in [1.82, 2.24) is 10.2 Å².